The van der Waals surface area contributed by atoms with Gasteiger partial charge in [-0.05, 0) is 55.7 Å². The van der Waals surface area contributed by atoms with Crippen molar-refractivity contribution in [1.82, 2.24) is 0 Å². The molecular weight excluding hydrogens is 444 g/mol. The summed E-state index contributed by atoms with van der Waals surface area (Å²) in [6, 6.07) is 7.97. The maximum atomic E-state index is 13.2. The van der Waals surface area contributed by atoms with Crippen molar-refractivity contribution in [3.63, 3.8) is 0 Å². The lowest BCUT2D eigenvalue weighted by Crippen LogP contribution is -2.44. The van der Waals surface area contributed by atoms with Gasteiger partial charge in [0.05, 0.1) is 27.9 Å². The van der Waals surface area contributed by atoms with Crippen molar-refractivity contribution in [2.75, 3.05) is 29.0 Å². The Labute approximate surface area is 180 Å². The first kappa shape index (κ1) is 21.4. The van der Waals surface area contributed by atoms with Gasteiger partial charge in [-0.1, -0.05) is 0 Å². The lowest BCUT2D eigenvalue weighted by molar-refractivity contribution is 0.0696. The number of carbonyl (C=O) groups is 1. The second-order valence-electron chi connectivity index (χ2n) is 7.68. The van der Waals surface area contributed by atoms with E-state index in [2.05, 4.69) is 4.72 Å². The van der Waals surface area contributed by atoms with Gasteiger partial charge in [0.25, 0.3) is 10.0 Å². The van der Waals surface area contributed by atoms with E-state index in [9.17, 15) is 26.7 Å². The zero-order valence-corrected chi connectivity index (χ0v) is 18.4. The molecule has 2 aromatic rings. The SMILES string of the molecule is CS(=O)(=O)c1ccc2c(c1)NS(=O)(=O)c1cc(C(=O)O)ccc1OCC1CCCCN21. The fourth-order valence-electron chi connectivity index (χ4n) is 3.93. The number of rotatable bonds is 2. The van der Waals surface area contributed by atoms with E-state index in [4.69, 9.17) is 4.74 Å². The fraction of sp³-hybridized carbons (Fsp3) is 0.350. The van der Waals surface area contributed by atoms with Crippen LogP contribution in [0.3, 0.4) is 0 Å². The third kappa shape index (κ3) is 4.19. The Morgan fingerprint density at radius 1 is 1.19 bits per heavy atom. The van der Waals surface area contributed by atoms with Crippen LogP contribution >= 0.6 is 0 Å². The molecule has 0 aliphatic carbocycles. The van der Waals surface area contributed by atoms with Gasteiger partial charge in [0.2, 0.25) is 0 Å². The highest BCUT2D eigenvalue weighted by atomic mass is 32.2. The molecule has 1 atom stereocenters. The first-order valence-electron chi connectivity index (χ1n) is 9.70. The molecule has 4 rings (SSSR count). The normalized spacial score (nSPS) is 20.3. The van der Waals surface area contributed by atoms with Crippen molar-refractivity contribution in [2.45, 2.75) is 35.1 Å². The molecule has 1 fully saturated rings. The summed E-state index contributed by atoms with van der Waals surface area (Å²) in [6.45, 7) is 0.883. The smallest absolute Gasteiger partial charge is 0.335 e. The van der Waals surface area contributed by atoms with Crippen LogP contribution in [0.2, 0.25) is 0 Å². The molecule has 1 saturated heterocycles. The van der Waals surface area contributed by atoms with Gasteiger partial charge in [-0.3, -0.25) is 4.72 Å². The molecule has 0 aromatic heterocycles. The third-order valence-corrected chi connectivity index (χ3v) is 7.99. The molecule has 0 bridgehead atoms. The minimum Gasteiger partial charge on any atom is -0.490 e. The zero-order chi connectivity index (χ0) is 22.4. The van der Waals surface area contributed by atoms with Crippen LogP contribution in [0.15, 0.2) is 46.2 Å². The Hall–Kier alpha value is -2.79. The second-order valence-corrected chi connectivity index (χ2v) is 11.3. The van der Waals surface area contributed by atoms with Crippen molar-refractivity contribution in [2.24, 2.45) is 0 Å². The van der Waals surface area contributed by atoms with E-state index in [0.29, 0.717) is 12.2 Å². The van der Waals surface area contributed by atoms with Crippen molar-refractivity contribution < 1.29 is 31.5 Å². The van der Waals surface area contributed by atoms with Gasteiger partial charge in [0.15, 0.2) is 9.84 Å². The maximum absolute atomic E-state index is 13.2. The lowest BCUT2D eigenvalue weighted by atomic mass is 10.0. The molecule has 2 N–H and O–H groups in total. The van der Waals surface area contributed by atoms with Gasteiger partial charge in [-0.15, -0.1) is 0 Å². The van der Waals surface area contributed by atoms with Gasteiger partial charge >= 0.3 is 5.97 Å². The molecule has 0 spiro atoms. The van der Waals surface area contributed by atoms with Crippen LogP contribution in [0.5, 0.6) is 5.75 Å². The lowest BCUT2D eigenvalue weighted by Gasteiger charge is -2.39. The van der Waals surface area contributed by atoms with E-state index >= 15 is 0 Å². The topological polar surface area (TPSA) is 130 Å². The minimum atomic E-state index is -4.27. The molecule has 0 saturated carbocycles. The van der Waals surface area contributed by atoms with Gasteiger partial charge in [0, 0.05) is 12.8 Å². The average molecular weight is 467 g/mol. The van der Waals surface area contributed by atoms with Gasteiger partial charge < -0.3 is 14.7 Å². The standard InChI is InChI=1S/C20H22N2O7S2/c1-30(25,26)15-6-7-17-16(11-15)21-31(27,28)19-10-13(20(23)24)5-8-18(19)29-12-14-4-2-3-9-22(14)17/h5-8,10-11,14,21H,2-4,9,12H2,1H3,(H,23,24). The number of carboxylic acid groups (broad SMARTS) is 1. The monoisotopic (exact) mass is 466 g/mol. The van der Waals surface area contributed by atoms with Crippen LogP contribution in [-0.2, 0) is 19.9 Å². The van der Waals surface area contributed by atoms with Crippen LogP contribution in [0.4, 0.5) is 11.4 Å². The highest BCUT2D eigenvalue weighted by molar-refractivity contribution is 7.93. The summed E-state index contributed by atoms with van der Waals surface area (Å²) in [6.07, 6.45) is 3.77. The predicted molar refractivity (Wildman–Crippen MR) is 114 cm³/mol. The van der Waals surface area contributed by atoms with Crippen LogP contribution < -0.4 is 14.4 Å². The number of aromatic carboxylic acids is 1. The van der Waals surface area contributed by atoms with Gasteiger partial charge in [-0.25, -0.2) is 21.6 Å². The molecule has 31 heavy (non-hydrogen) atoms. The third-order valence-electron chi connectivity index (χ3n) is 5.49. The molecule has 2 aliphatic rings. The number of carboxylic acids is 1. The average Bonchev–Trinajstić information content (AvgIpc) is 2.71. The fourth-order valence-corrected chi connectivity index (χ4v) is 5.81. The molecule has 2 aromatic carbocycles. The summed E-state index contributed by atoms with van der Waals surface area (Å²) >= 11 is 0. The van der Waals surface area contributed by atoms with Crippen LogP contribution in [0, 0.1) is 0 Å². The number of nitrogens with one attached hydrogen (secondary N) is 1. The number of hydrogen-bond acceptors (Lipinski definition) is 7. The summed E-state index contributed by atoms with van der Waals surface area (Å²) in [5, 5.41) is 9.29. The summed E-state index contributed by atoms with van der Waals surface area (Å²) in [7, 11) is -7.85. The number of sulfone groups is 1. The summed E-state index contributed by atoms with van der Waals surface area (Å²) < 4.78 is 58.9. The first-order valence-corrected chi connectivity index (χ1v) is 13.1. The molecule has 0 radical (unpaired) electrons. The number of hydrogen-bond donors (Lipinski definition) is 2. The van der Waals surface area contributed by atoms with E-state index in [1.807, 2.05) is 4.90 Å². The zero-order valence-electron chi connectivity index (χ0n) is 16.7. The highest BCUT2D eigenvalue weighted by Crippen LogP contribution is 2.37. The van der Waals surface area contributed by atoms with E-state index in [0.717, 1.165) is 31.6 Å². The molecule has 1 unspecified atom stereocenters. The molecule has 2 aliphatic heterocycles. The van der Waals surface area contributed by atoms with E-state index in [1.165, 1.54) is 24.3 Å². The summed E-state index contributed by atoms with van der Waals surface area (Å²) in [5.74, 6) is -1.22. The number of nitrogens with zero attached hydrogens (tertiary/aromatic N) is 1. The van der Waals surface area contributed by atoms with E-state index in [-0.39, 0.29) is 39.4 Å². The number of piperidine rings is 1. The minimum absolute atomic E-state index is 0.0182. The number of sulfonamides is 1. The van der Waals surface area contributed by atoms with E-state index in [1.54, 1.807) is 6.07 Å². The molecule has 166 valence electrons. The van der Waals surface area contributed by atoms with Crippen LogP contribution in [-0.4, -0.2) is 53.4 Å². The molecule has 2 heterocycles. The van der Waals surface area contributed by atoms with E-state index < -0.39 is 25.8 Å². The Morgan fingerprint density at radius 2 is 1.97 bits per heavy atom. The number of anilines is 2. The summed E-state index contributed by atoms with van der Waals surface area (Å²) in [5.41, 5.74) is 0.486. The Morgan fingerprint density at radius 3 is 2.68 bits per heavy atom. The molecule has 0 amide bonds. The molecular formula is C20H22N2O7S2. The Balaban J connectivity index is 1.92. The second kappa shape index (κ2) is 7.72. The predicted octanol–water partition coefficient (Wildman–Crippen LogP) is 2.34. The highest BCUT2D eigenvalue weighted by Gasteiger charge is 2.31. The Kier molecular flexibility index (Phi) is 5.34. The van der Waals surface area contributed by atoms with Crippen molar-refractivity contribution >= 4 is 37.2 Å². The van der Waals surface area contributed by atoms with Crippen molar-refractivity contribution in [3.8, 4) is 5.75 Å². The number of ether oxygens (including phenoxy) is 1. The molecule has 9 nitrogen and oxygen atoms in total. The van der Waals surface area contributed by atoms with Gasteiger partial charge in [0.1, 0.15) is 17.3 Å². The quantitative estimate of drug-likeness (QED) is 0.690. The Bertz CT molecular complexity index is 1260. The maximum Gasteiger partial charge on any atom is 0.335 e. The van der Waals surface area contributed by atoms with Gasteiger partial charge in [-0.2, -0.15) is 0 Å². The first-order chi connectivity index (χ1) is 14.6. The van der Waals surface area contributed by atoms with Crippen LogP contribution in [0.25, 0.3) is 0 Å². The largest absolute Gasteiger partial charge is 0.490 e. The number of fused-ring (bicyclic) bond motifs is 4. The van der Waals surface area contributed by atoms with Crippen molar-refractivity contribution in [1.29, 1.82) is 0 Å². The number of benzene rings is 2. The molecule has 11 heteroatoms. The summed E-state index contributed by atoms with van der Waals surface area (Å²) in [4.78, 5) is 13.1. The van der Waals surface area contributed by atoms with Crippen molar-refractivity contribution in [3.05, 3.63) is 42.0 Å². The van der Waals surface area contributed by atoms with Crippen LogP contribution in [0.1, 0.15) is 29.6 Å².